The van der Waals surface area contributed by atoms with E-state index < -0.39 is 6.04 Å². The summed E-state index contributed by atoms with van der Waals surface area (Å²) in [5.41, 5.74) is 4.44. The molecule has 4 aromatic rings. The Morgan fingerprint density at radius 1 is 1.08 bits per heavy atom. The van der Waals surface area contributed by atoms with Gasteiger partial charge in [0.05, 0.1) is 5.57 Å². The third-order valence-corrected chi connectivity index (χ3v) is 7.39. The molecule has 6 nitrogen and oxygen atoms in total. The molecule has 36 heavy (non-hydrogen) atoms. The summed E-state index contributed by atoms with van der Waals surface area (Å²) in [7, 11) is 0. The molecular weight excluding hydrogens is 541 g/mol. The van der Waals surface area contributed by atoms with Crippen LogP contribution in [0.4, 0.5) is 16.0 Å². The fraction of sp³-hybridized carbons (Fsp3) is 0.148. The molecule has 9 heteroatoms. The second kappa shape index (κ2) is 10.3. The van der Waals surface area contributed by atoms with Crippen molar-refractivity contribution in [2.24, 2.45) is 0 Å². The Hall–Kier alpha value is -3.43. The van der Waals surface area contributed by atoms with Crippen LogP contribution in [0.2, 0.25) is 0 Å². The Balaban J connectivity index is 1.50. The van der Waals surface area contributed by atoms with Gasteiger partial charge in [-0.15, -0.1) is 5.10 Å². The van der Waals surface area contributed by atoms with Crippen LogP contribution in [0.15, 0.2) is 93.7 Å². The number of hydrogen-bond donors (Lipinski definition) is 2. The minimum Gasteiger partial charge on any atom is -0.328 e. The van der Waals surface area contributed by atoms with Gasteiger partial charge in [-0.1, -0.05) is 76.2 Å². The van der Waals surface area contributed by atoms with Crippen molar-refractivity contribution in [1.29, 1.82) is 0 Å². The molecule has 5 rings (SSSR count). The van der Waals surface area contributed by atoms with E-state index in [1.54, 1.807) is 16.8 Å². The fourth-order valence-electron chi connectivity index (χ4n) is 4.10. The van der Waals surface area contributed by atoms with Gasteiger partial charge < -0.3 is 10.6 Å². The summed E-state index contributed by atoms with van der Waals surface area (Å²) in [6.45, 7) is 3.82. The molecule has 2 N–H and O–H groups in total. The number of anilines is 2. The van der Waals surface area contributed by atoms with Crippen molar-refractivity contribution in [1.82, 2.24) is 14.8 Å². The number of rotatable bonds is 6. The fourth-order valence-corrected chi connectivity index (χ4v) is 5.18. The Morgan fingerprint density at radius 3 is 2.56 bits per heavy atom. The summed E-state index contributed by atoms with van der Waals surface area (Å²) in [5, 5.41) is 11.5. The number of carbonyl (C=O) groups excluding carboxylic acids is 1. The maximum absolute atomic E-state index is 14.1. The molecule has 1 unspecified atom stereocenters. The third kappa shape index (κ3) is 4.94. The molecular formula is C27H23BrFN5OS. The number of amides is 1. The number of benzene rings is 3. The van der Waals surface area contributed by atoms with Gasteiger partial charge in [0.2, 0.25) is 11.1 Å². The number of carbonyl (C=O) groups is 1. The van der Waals surface area contributed by atoms with E-state index in [9.17, 15) is 9.18 Å². The van der Waals surface area contributed by atoms with Crippen LogP contribution in [0.3, 0.4) is 0 Å². The van der Waals surface area contributed by atoms with Gasteiger partial charge >= 0.3 is 0 Å². The van der Waals surface area contributed by atoms with Crippen molar-refractivity contribution in [2.75, 3.05) is 10.6 Å². The highest BCUT2D eigenvalue weighted by Crippen LogP contribution is 2.37. The average Bonchev–Trinajstić information content (AvgIpc) is 3.27. The zero-order chi connectivity index (χ0) is 25.2. The molecule has 0 saturated heterocycles. The van der Waals surface area contributed by atoms with Crippen LogP contribution < -0.4 is 10.6 Å². The van der Waals surface area contributed by atoms with Gasteiger partial charge in [-0.25, -0.2) is 9.07 Å². The normalized spacial score (nSPS) is 14.8. The first-order valence-electron chi connectivity index (χ1n) is 11.3. The number of aromatic nitrogens is 3. The number of fused-ring (bicyclic) bond motifs is 1. The van der Waals surface area contributed by atoms with Crippen molar-refractivity contribution < 1.29 is 9.18 Å². The molecule has 0 radical (unpaired) electrons. The van der Waals surface area contributed by atoms with E-state index in [2.05, 4.69) is 31.5 Å². The molecule has 182 valence electrons. The molecule has 0 fully saturated rings. The monoisotopic (exact) mass is 563 g/mol. The van der Waals surface area contributed by atoms with E-state index in [0.717, 1.165) is 21.3 Å². The zero-order valence-electron chi connectivity index (χ0n) is 19.6. The first-order chi connectivity index (χ1) is 17.4. The number of hydrogen-bond acceptors (Lipinski definition) is 5. The summed E-state index contributed by atoms with van der Waals surface area (Å²) < 4.78 is 16.8. The van der Waals surface area contributed by atoms with Crippen LogP contribution in [0.5, 0.6) is 0 Å². The highest BCUT2D eigenvalue weighted by Gasteiger charge is 2.34. The smallest absolute Gasteiger partial charge is 0.255 e. The van der Waals surface area contributed by atoms with Gasteiger partial charge in [0.25, 0.3) is 5.91 Å². The van der Waals surface area contributed by atoms with Crippen LogP contribution in [-0.4, -0.2) is 20.7 Å². The molecule has 0 saturated carbocycles. The van der Waals surface area contributed by atoms with E-state index in [-0.39, 0.29) is 11.7 Å². The summed E-state index contributed by atoms with van der Waals surface area (Å²) >= 11 is 4.84. The molecule has 1 atom stereocenters. The average molecular weight is 564 g/mol. The van der Waals surface area contributed by atoms with Crippen molar-refractivity contribution in [3.05, 3.63) is 111 Å². The van der Waals surface area contributed by atoms with Gasteiger partial charge in [0, 0.05) is 21.6 Å². The van der Waals surface area contributed by atoms with Crippen molar-refractivity contribution >= 4 is 45.2 Å². The molecule has 1 aliphatic heterocycles. The lowest BCUT2D eigenvalue weighted by Gasteiger charge is -2.28. The SMILES string of the molecule is CC1=C(C(=O)Nc2ccccc2C)C(c2ccc(Br)cc2)n2nc(SCc3ccccc3F)nc2N1. The first kappa shape index (κ1) is 24.3. The van der Waals surface area contributed by atoms with E-state index in [4.69, 9.17) is 5.10 Å². The lowest BCUT2D eigenvalue weighted by atomic mass is 9.95. The van der Waals surface area contributed by atoms with E-state index in [0.29, 0.717) is 33.7 Å². The second-order valence-corrected chi connectivity index (χ2v) is 10.3. The number of allylic oxidation sites excluding steroid dienone is 1. The number of para-hydroxylation sites is 1. The molecule has 2 heterocycles. The predicted molar refractivity (Wildman–Crippen MR) is 144 cm³/mol. The largest absolute Gasteiger partial charge is 0.328 e. The topological polar surface area (TPSA) is 71.8 Å². The van der Waals surface area contributed by atoms with Gasteiger partial charge in [-0.05, 0) is 54.8 Å². The van der Waals surface area contributed by atoms with E-state index >= 15 is 0 Å². The maximum atomic E-state index is 14.1. The Morgan fingerprint density at radius 2 is 1.81 bits per heavy atom. The summed E-state index contributed by atoms with van der Waals surface area (Å²) in [4.78, 5) is 18.3. The second-order valence-electron chi connectivity index (χ2n) is 8.43. The summed E-state index contributed by atoms with van der Waals surface area (Å²) in [6, 6.07) is 21.6. The highest BCUT2D eigenvalue weighted by atomic mass is 79.9. The van der Waals surface area contributed by atoms with Gasteiger partial charge in [-0.2, -0.15) is 4.98 Å². The zero-order valence-corrected chi connectivity index (χ0v) is 22.0. The standard InChI is InChI=1S/C27H23BrFN5OS/c1-16-7-3-6-10-22(16)31-25(35)23-17(2)30-26-32-27(36-15-19-8-4-5-9-21(19)29)33-34(26)24(23)18-11-13-20(28)14-12-18/h3-14,24H,15H2,1-2H3,(H,31,35)(H,30,32,33). The minimum absolute atomic E-state index is 0.219. The van der Waals surface area contributed by atoms with Crippen LogP contribution in [0.1, 0.15) is 29.7 Å². The first-order valence-corrected chi connectivity index (χ1v) is 13.1. The number of halogens is 2. The Kier molecular flexibility index (Phi) is 6.93. The molecule has 3 aromatic carbocycles. The Bertz CT molecular complexity index is 1470. The molecule has 0 aliphatic carbocycles. The van der Waals surface area contributed by atoms with E-state index in [1.165, 1.54) is 17.8 Å². The Labute approximate surface area is 221 Å². The predicted octanol–water partition coefficient (Wildman–Crippen LogP) is 6.71. The van der Waals surface area contributed by atoms with Crippen LogP contribution in [0, 0.1) is 12.7 Å². The minimum atomic E-state index is -0.492. The molecule has 0 spiro atoms. The van der Waals surface area contributed by atoms with Gasteiger partial charge in [-0.3, -0.25) is 4.79 Å². The molecule has 1 aromatic heterocycles. The molecule has 1 amide bonds. The van der Waals surface area contributed by atoms with Gasteiger partial charge in [0.15, 0.2) is 0 Å². The van der Waals surface area contributed by atoms with Crippen molar-refractivity contribution in [3.8, 4) is 0 Å². The summed E-state index contributed by atoms with van der Waals surface area (Å²) in [5.74, 6) is 0.451. The lowest BCUT2D eigenvalue weighted by Crippen LogP contribution is -2.31. The van der Waals surface area contributed by atoms with Gasteiger partial charge in [0.1, 0.15) is 11.9 Å². The number of nitrogens with zero attached hydrogens (tertiary/aromatic N) is 3. The number of aryl methyl sites for hydroxylation is 1. The van der Waals surface area contributed by atoms with Crippen molar-refractivity contribution in [2.45, 2.75) is 30.8 Å². The van der Waals surface area contributed by atoms with E-state index in [1.807, 2.05) is 68.4 Å². The highest BCUT2D eigenvalue weighted by molar-refractivity contribution is 9.10. The summed E-state index contributed by atoms with van der Waals surface area (Å²) in [6.07, 6.45) is 0. The lowest BCUT2D eigenvalue weighted by molar-refractivity contribution is -0.113. The van der Waals surface area contributed by atoms with Crippen LogP contribution >= 0.6 is 27.7 Å². The molecule has 1 aliphatic rings. The quantitative estimate of drug-likeness (QED) is 0.255. The van der Waals surface area contributed by atoms with Crippen molar-refractivity contribution in [3.63, 3.8) is 0 Å². The van der Waals surface area contributed by atoms with Crippen LogP contribution in [0.25, 0.3) is 0 Å². The third-order valence-electron chi connectivity index (χ3n) is 5.97. The number of thioether (sulfide) groups is 1. The molecule has 0 bridgehead atoms. The van der Waals surface area contributed by atoms with Crippen LogP contribution in [-0.2, 0) is 10.5 Å². The maximum Gasteiger partial charge on any atom is 0.255 e. The number of nitrogens with one attached hydrogen (secondary N) is 2.